The maximum absolute atomic E-state index is 5.24. The summed E-state index contributed by atoms with van der Waals surface area (Å²) in [5.41, 5.74) is 2.59. The van der Waals surface area contributed by atoms with Gasteiger partial charge in [0.25, 0.3) is 0 Å². The Morgan fingerprint density at radius 2 is 1.70 bits per heavy atom. The Bertz CT molecular complexity index is 757. The molecule has 1 heterocycles. The number of aliphatic imine (C=N–C) groups is 1. The number of nitrogens with one attached hydrogen (secondary N) is 1. The molecule has 0 radical (unpaired) electrons. The van der Waals surface area contributed by atoms with E-state index in [2.05, 4.69) is 51.5 Å². The van der Waals surface area contributed by atoms with Crippen LogP contribution in [-0.4, -0.2) is 56.6 Å². The summed E-state index contributed by atoms with van der Waals surface area (Å²) in [6.45, 7) is 5.02. The van der Waals surface area contributed by atoms with Crippen molar-refractivity contribution >= 4 is 29.9 Å². The normalized spacial score (nSPS) is 15.4. The van der Waals surface area contributed by atoms with Crippen LogP contribution < -0.4 is 10.1 Å². The van der Waals surface area contributed by atoms with Crippen LogP contribution in [0.3, 0.4) is 0 Å². The fraction of sp³-hybridized carbons (Fsp3) is 0.458. The predicted octanol–water partition coefficient (Wildman–Crippen LogP) is 4.23. The number of methoxy groups -OCH3 is 1. The Labute approximate surface area is 198 Å². The minimum absolute atomic E-state index is 0. The number of hydrogen-bond acceptors (Lipinski definition) is 3. The zero-order chi connectivity index (χ0) is 20.5. The van der Waals surface area contributed by atoms with Crippen molar-refractivity contribution in [1.82, 2.24) is 15.1 Å². The number of halogens is 1. The van der Waals surface area contributed by atoms with E-state index in [1.54, 1.807) is 7.11 Å². The van der Waals surface area contributed by atoms with E-state index in [9.17, 15) is 0 Å². The Morgan fingerprint density at radius 3 is 2.30 bits per heavy atom. The Balaban J connectivity index is 0.00000320. The molecule has 0 spiro atoms. The number of guanidine groups is 1. The highest BCUT2D eigenvalue weighted by atomic mass is 127. The van der Waals surface area contributed by atoms with E-state index < -0.39 is 0 Å². The van der Waals surface area contributed by atoms with Gasteiger partial charge in [-0.15, -0.1) is 24.0 Å². The predicted molar refractivity (Wildman–Crippen MR) is 136 cm³/mol. The lowest BCUT2D eigenvalue weighted by atomic mass is 9.96. The van der Waals surface area contributed by atoms with Crippen LogP contribution >= 0.6 is 24.0 Å². The van der Waals surface area contributed by atoms with Gasteiger partial charge in [-0.25, -0.2) is 4.99 Å². The van der Waals surface area contributed by atoms with Gasteiger partial charge in [0.2, 0.25) is 0 Å². The van der Waals surface area contributed by atoms with Crippen molar-refractivity contribution < 1.29 is 4.74 Å². The van der Waals surface area contributed by atoms with Crippen molar-refractivity contribution in [3.05, 3.63) is 65.7 Å². The van der Waals surface area contributed by atoms with E-state index in [1.807, 2.05) is 32.3 Å². The third kappa shape index (κ3) is 7.80. The molecule has 0 saturated carbocycles. The molecule has 0 aliphatic carbocycles. The average Bonchev–Trinajstić information content (AvgIpc) is 2.76. The topological polar surface area (TPSA) is 40.1 Å². The zero-order valence-electron chi connectivity index (χ0n) is 18.4. The first-order valence-corrected chi connectivity index (χ1v) is 10.5. The molecule has 1 aliphatic heterocycles. The van der Waals surface area contributed by atoms with Gasteiger partial charge in [-0.2, -0.15) is 0 Å². The van der Waals surface area contributed by atoms with Crippen LogP contribution in [0, 0.1) is 5.92 Å². The molecule has 1 fully saturated rings. The molecular weight excluding hydrogens is 487 g/mol. The quantitative estimate of drug-likeness (QED) is 0.336. The van der Waals surface area contributed by atoms with E-state index in [1.165, 1.54) is 24.0 Å². The van der Waals surface area contributed by atoms with Crippen LogP contribution in [0.2, 0.25) is 0 Å². The van der Waals surface area contributed by atoms with Crippen molar-refractivity contribution in [1.29, 1.82) is 0 Å². The van der Waals surface area contributed by atoms with Crippen molar-refractivity contribution in [2.45, 2.75) is 25.9 Å². The molecule has 2 aromatic rings. The number of ether oxygens (including phenoxy) is 1. The minimum atomic E-state index is 0. The molecule has 1 N–H and O–H groups in total. The Hall–Kier alpha value is -1.80. The summed E-state index contributed by atoms with van der Waals surface area (Å²) in [5, 5.41) is 3.58. The highest BCUT2D eigenvalue weighted by Crippen LogP contribution is 2.19. The molecule has 6 heteroatoms. The third-order valence-corrected chi connectivity index (χ3v) is 5.50. The molecule has 0 amide bonds. The fourth-order valence-electron chi connectivity index (χ4n) is 3.68. The van der Waals surface area contributed by atoms with Gasteiger partial charge in [0, 0.05) is 27.2 Å². The standard InChI is InChI=1S/C24H34N4O.HI/c1-27(2)24(25-17-20-7-5-4-6-8-20)26-18-21-13-15-28(16-14-21)19-22-9-11-23(29-3)12-10-22;/h4-12,21H,13-19H2,1-3H3,(H,25,26);1H. The summed E-state index contributed by atoms with van der Waals surface area (Å²) in [6.07, 6.45) is 2.45. The highest BCUT2D eigenvalue weighted by molar-refractivity contribution is 14.0. The zero-order valence-corrected chi connectivity index (χ0v) is 20.7. The van der Waals surface area contributed by atoms with Crippen LogP contribution in [0.25, 0.3) is 0 Å². The lowest BCUT2D eigenvalue weighted by Crippen LogP contribution is -2.42. The van der Waals surface area contributed by atoms with Gasteiger partial charge < -0.3 is 15.0 Å². The summed E-state index contributed by atoms with van der Waals surface area (Å²) < 4.78 is 5.24. The summed E-state index contributed by atoms with van der Waals surface area (Å²) in [7, 11) is 5.81. The molecule has 0 atom stereocenters. The van der Waals surface area contributed by atoms with Gasteiger partial charge in [-0.05, 0) is 55.1 Å². The van der Waals surface area contributed by atoms with Crippen LogP contribution in [0.4, 0.5) is 0 Å². The van der Waals surface area contributed by atoms with Gasteiger partial charge >= 0.3 is 0 Å². The first-order chi connectivity index (χ1) is 14.1. The SMILES string of the molecule is COc1ccc(CN2CCC(CNC(=NCc3ccccc3)N(C)C)CC2)cc1.I. The molecule has 5 nitrogen and oxygen atoms in total. The maximum Gasteiger partial charge on any atom is 0.193 e. The van der Waals surface area contributed by atoms with Crippen LogP contribution in [0.15, 0.2) is 59.6 Å². The smallest absolute Gasteiger partial charge is 0.193 e. The first kappa shape index (κ1) is 24.5. The fourth-order valence-corrected chi connectivity index (χ4v) is 3.68. The van der Waals surface area contributed by atoms with Crippen LogP contribution in [0.1, 0.15) is 24.0 Å². The summed E-state index contributed by atoms with van der Waals surface area (Å²) in [6, 6.07) is 18.8. The van der Waals surface area contributed by atoms with Crippen LogP contribution in [0.5, 0.6) is 5.75 Å². The lowest BCUT2D eigenvalue weighted by Gasteiger charge is -2.32. The molecule has 0 bridgehead atoms. The van der Waals surface area contributed by atoms with Crippen molar-refractivity contribution in [2.75, 3.05) is 40.8 Å². The highest BCUT2D eigenvalue weighted by Gasteiger charge is 2.19. The van der Waals surface area contributed by atoms with Gasteiger partial charge in [-0.3, -0.25) is 4.90 Å². The molecule has 164 valence electrons. The van der Waals surface area contributed by atoms with Gasteiger partial charge in [-0.1, -0.05) is 42.5 Å². The van der Waals surface area contributed by atoms with Crippen molar-refractivity contribution in [3.63, 3.8) is 0 Å². The third-order valence-electron chi connectivity index (χ3n) is 5.50. The van der Waals surface area contributed by atoms with Gasteiger partial charge in [0.15, 0.2) is 5.96 Å². The molecule has 2 aromatic carbocycles. The second-order valence-corrected chi connectivity index (χ2v) is 7.97. The largest absolute Gasteiger partial charge is 0.497 e. The number of hydrogen-bond donors (Lipinski definition) is 1. The van der Waals surface area contributed by atoms with Crippen molar-refractivity contribution in [2.24, 2.45) is 10.9 Å². The number of likely N-dealkylation sites (tertiary alicyclic amines) is 1. The van der Waals surface area contributed by atoms with Gasteiger partial charge in [0.1, 0.15) is 5.75 Å². The molecule has 1 aliphatic rings. The maximum atomic E-state index is 5.24. The molecule has 1 saturated heterocycles. The van der Waals surface area contributed by atoms with E-state index in [4.69, 9.17) is 9.73 Å². The summed E-state index contributed by atoms with van der Waals surface area (Å²) in [4.78, 5) is 9.40. The second kappa shape index (κ2) is 12.8. The Morgan fingerprint density at radius 1 is 1.03 bits per heavy atom. The van der Waals surface area contributed by atoms with Crippen LogP contribution in [-0.2, 0) is 13.1 Å². The van der Waals surface area contributed by atoms with E-state index in [-0.39, 0.29) is 24.0 Å². The summed E-state index contributed by atoms with van der Waals surface area (Å²) >= 11 is 0. The van der Waals surface area contributed by atoms with E-state index >= 15 is 0 Å². The number of rotatable bonds is 7. The van der Waals surface area contributed by atoms with E-state index in [0.29, 0.717) is 12.5 Å². The number of benzene rings is 2. The summed E-state index contributed by atoms with van der Waals surface area (Å²) in [5.74, 6) is 2.59. The minimum Gasteiger partial charge on any atom is -0.497 e. The lowest BCUT2D eigenvalue weighted by molar-refractivity contribution is 0.177. The molecule has 0 unspecified atom stereocenters. The molecule has 0 aromatic heterocycles. The molecular formula is C24H35IN4O. The molecule has 30 heavy (non-hydrogen) atoms. The molecule has 3 rings (SSSR count). The van der Waals surface area contributed by atoms with E-state index in [0.717, 1.165) is 37.9 Å². The van der Waals surface area contributed by atoms with Gasteiger partial charge in [0.05, 0.1) is 13.7 Å². The van der Waals surface area contributed by atoms with Crippen molar-refractivity contribution in [3.8, 4) is 5.75 Å². The average molecular weight is 522 g/mol. The second-order valence-electron chi connectivity index (χ2n) is 7.97. The first-order valence-electron chi connectivity index (χ1n) is 10.5. The number of nitrogens with zero attached hydrogens (tertiary/aromatic N) is 3. The monoisotopic (exact) mass is 522 g/mol. The number of piperidine rings is 1. The Kier molecular flexibility index (Phi) is 10.4.